The third-order valence-corrected chi connectivity index (χ3v) is 6.29. The standard InChI is InChI=1S/C24H49N/c1-4-6-8-10-11-13-15-17-24-18-20-25(21-19-24)22-23(3)16-14-12-9-7-5-2/h23-24H,4-22H2,1-3H3. The molecule has 0 aromatic carbocycles. The Bertz CT molecular complexity index is 267. The summed E-state index contributed by atoms with van der Waals surface area (Å²) in [5, 5.41) is 0. The van der Waals surface area contributed by atoms with Gasteiger partial charge in [0.25, 0.3) is 0 Å². The molecular formula is C24H49N. The predicted octanol–water partition coefficient (Wildman–Crippen LogP) is 7.84. The number of piperidine rings is 1. The predicted molar refractivity (Wildman–Crippen MR) is 114 cm³/mol. The molecule has 0 N–H and O–H groups in total. The van der Waals surface area contributed by atoms with E-state index in [9.17, 15) is 0 Å². The second kappa shape index (κ2) is 16.2. The minimum absolute atomic E-state index is 0.904. The van der Waals surface area contributed by atoms with E-state index < -0.39 is 0 Å². The van der Waals surface area contributed by atoms with Crippen molar-refractivity contribution in [2.75, 3.05) is 19.6 Å². The minimum Gasteiger partial charge on any atom is -0.303 e. The van der Waals surface area contributed by atoms with Gasteiger partial charge in [-0.25, -0.2) is 0 Å². The number of hydrogen-bond donors (Lipinski definition) is 0. The van der Waals surface area contributed by atoms with Gasteiger partial charge in [-0.1, -0.05) is 104 Å². The van der Waals surface area contributed by atoms with E-state index in [1.165, 1.54) is 122 Å². The van der Waals surface area contributed by atoms with Crippen molar-refractivity contribution in [2.24, 2.45) is 11.8 Å². The monoisotopic (exact) mass is 351 g/mol. The molecule has 0 aromatic rings. The van der Waals surface area contributed by atoms with E-state index in [1.54, 1.807) is 0 Å². The quantitative estimate of drug-likeness (QED) is 0.256. The Morgan fingerprint density at radius 2 is 1.24 bits per heavy atom. The topological polar surface area (TPSA) is 3.24 Å². The lowest BCUT2D eigenvalue weighted by atomic mass is 9.90. The largest absolute Gasteiger partial charge is 0.303 e. The summed E-state index contributed by atoms with van der Waals surface area (Å²) in [5.74, 6) is 1.94. The molecule has 1 rings (SSSR count). The van der Waals surface area contributed by atoms with Crippen LogP contribution in [0.2, 0.25) is 0 Å². The number of nitrogens with zero attached hydrogens (tertiary/aromatic N) is 1. The second-order valence-corrected chi connectivity index (χ2v) is 8.96. The van der Waals surface area contributed by atoms with Crippen LogP contribution in [0, 0.1) is 11.8 Å². The van der Waals surface area contributed by atoms with Crippen LogP contribution in [-0.4, -0.2) is 24.5 Å². The third-order valence-electron chi connectivity index (χ3n) is 6.29. The van der Waals surface area contributed by atoms with Crippen LogP contribution in [0.25, 0.3) is 0 Å². The van der Waals surface area contributed by atoms with Crippen LogP contribution in [0.4, 0.5) is 0 Å². The van der Waals surface area contributed by atoms with E-state index >= 15 is 0 Å². The van der Waals surface area contributed by atoms with E-state index in [0.717, 1.165) is 11.8 Å². The normalized spacial score (nSPS) is 17.9. The molecule has 1 saturated heterocycles. The summed E-state index contributed by atoms with van der Waals surface area (Å²) in [6.45, 7) is 11.2. The maximum Gasteiger partial charge on any atom is 0.000702 e. The van der Waals surface area contributed by atoms with E-state index in [-0.39, 0.29) is 0 Å². The van der Waals surface area contributed by atoms with Gasteiger partial charge >= 0.3 is 0 Å². The molecule has 0 aromatic heterocycles. The summed E-state index contributed by atoms with van der Waals surface area (Å²) in [7, 11) is 0. The van der Waals surface area contributed by atoms with Gasteiger partial charge in [-0.3, -0.25) is 0 Å². The summed E-state index contributed by atoms with van der Waals surface area (Å²) in [6, 6.07) is 0. The molecule has 1 nitrogen and oxygen atoms in total. The molecule has 1 heterocycles. The van der Waals surface area contributed by atoms with Gasteiger partial charge < -0.3 is 4.90 Å². The van der Waals surface area contributed by atoms with Gasteiger partial charge in [-0.05, 0) is 44.2 Å². The molecule has 1 aliphatic rings. The molecule has 0 saturated carbocycles. The number of likely N-dealkylation sites (tertiary alicyclic amines) is 1. The first-order valence-electron chi connectivity index (χ1n) is 12.0. The van der Waals surface area contributed by atoms with E-state index in [4.69, 9.17) is 0 Å². The third kappa shape index (κ3) is 12.9. The van der Waals surface area contributed by atoms with Gasteiger partial charge in [-0.2, -0.15) is 0 Å². The molecule has 0 radical (unpaired) electrons. The first kappa shape index (κ1) is 23.0. The highest BCUT2D eigenvalue weighted by molar-refractivity contribution is 4.74. The lowest BCUT2D eigenvalue weighted by Crippen LogP contribution is -2.36. The van der Waals surface area contributed by atoms with Crippen LogP contribution in [-0.2, 0) is 0 Å². The smallest absolute Gasteiger partial charge is 0.000702 e. The lowest BCUT2D eigenvalue weighted by molar-refractivity contribution is 0.155. The maximum atomic E-state index is 2.76. The average molecular weight is 352 g/mol. The Morgan fingerprint density at radius 3 is 1.84 bits per heavy atom. The number of hydrogen-bond acceptors (Lipinski definition) is 1. The first-order valence-corrected chi connectivity index (χ1v) is 12.0. The van der Waals surface area contributed by atoms with Crippen molar-refractivity contribution in [3.8, 4) is 0 Å². The van der Waals surface area contributed by atoms with Crippen molar-refractivity contribution in [1.82, 2.24) is 4.90 Å². The van der Waals surface area contributed by atoms with Gasteiger partial charge in [0.15, 0.2) is 0 Å². The fourth-order valence-corrected chi connectivity index (χ4v) is 4.48. The number of unbranched alkanes of at least 4 members (excludes halogenated alkanes) is 10. The van der Waals surface area contributed by atoms with Gasteiger partial charge in [-0.15, -0.1) is 0 Å². The molecule has 1 fully saturated rings. The summed E-state index contributed by atoms with van der Waals surface area (Å²) in [5.41, 5.74) is 0. The Kier molecular flexibility index (Phi) is 14.9. The summed E-state index contributed by atoms with van der Waals surface area (Å²) in [6.07, 6.45) is 23.3. The van der Waals surface area contributed by atoms with Crippen LogP contribution < -0.4 is 0 Å². The van der Waals surface area contributed by atoms with E-state index in [2.05, 4.69) is 25.7 Å². The van der Waals surface area contributed by atoms with Crippen molar-refractivity contribution in [2.45, 2.75) is 124 Å². The zero-order valence-corrected chi connectivity index (χ0v) is 18.0. The lowest BCUT2D eigenvalue weighted by Gasteiger charge is -2.33. The zero-order chi connectivity index (χ0) is 18.2. The highest BCUT2D eigenvalue weighted by Gasteiger charge is 2.19. The van der Waals surface area contributed by atoms with Crippen LogP contribution in [0.3, 0.4) is 0 Å². The van der Waals surface area contributed by atoms with Gasteiger partial charge in [0.05, 0.1) is 0 Å². The van der Waals surface area contributed by atoms with Crippen molar-refractivity contribution in [3.63, 3.8) is 0 Å². The zero-order valence-electron chi connectivity index (χ0n) is 18.0. The molecular weight excluding hydrogens is 302 g/mol. The Hall–Kier alpha value is -0.0400. The minimum atomic E-state index is 0.904. The fourth-order valence-electron chi connectivity index (χ4n) is 4.48. The fraction of sp³-hybridized carbons (Fsp3) is 1.00. The van der Waals surface area contributed by atoms with Crippen LogP contribution in [0.5, 0.6) is 0 Å². The Morgan fingerprint density at radius 1 is 0.720 bits per heavy atom. The maximum absolute atomic E-state index is 2.76. The van der Waals surface area contributed by atoms with Gasteiger partial charge in [0.2, 0.25) is 0 Å². The van der Waals surface area contributed by atoms with Crippen molar-refractivity contribution >= 4 is 0 Å². The molecule has 150 valence electrons. The molecule has 1 unspecified atom stereocenters. The Labute approximate surface area is 160 Å². The summed E-state index contributed by atoms with van der Waals surface area (Å²) in [4.78, 5) is 2.76. The van der Waals surface area contributed by atoms with Crippen LogP contribution >= 0.6 is 0 Å². The molecule has 0 bridgehead atoms. The molecule has 1 aliphatic heterocycles. The summed E-state index contributed by atoms with van der Waals surface area (Å²) < 4.78 is 0. The molecule has 0 spiro atoms. The van der Waals surface area contributed by atoms with Crippen molar-refractivity contribution in [3.05, 3.63) is 0 Å². The van der Waals surface area contributed by atoms with Crippen LogP contribution in [0.15, 0.2) is 0 Å². The summed E-state index contributed by atoms with van der Waals surface area (Å²) >= 11 is 0. The first-order chi connectivity index (χ1) is 12.3. The second-order valence-electron chi connectivity index (χ2n) is 8.96. The van der Waals surface area contributed by atoms with Gasteiger partial charge in [0.1, 0.15) is 0 Å². The van der Waals surface area contributed by atoms with Gasteiger partial charge in [0, 0.05) is 6.54 Å². The van der Waals surface area contributed by atoms with E-state index in [1.807, 2.05) is 0 Å². The number of rotatable bonds is 16. The van der Waals surface area contributed by atoms with Crippen molar-refractivity contribution < 1.29 is 0 Å². The molecule has 1 heteroatoms. The highest BCUT2D eigenvalue weighted by atomic mass is 15.1. The van der Waals surface area contributed by atoms with E-state index in [0.29, 0.717) is 0 Å². The highest BCUT2D eigenvalue weighted by Crippen LogP contribution is 2.24. The Balaban J connectivity index is 1.94. The molecule has 0 amide bonds. The average Bonchev–Trinajstić information content (AvgIpc) is 2.62. The molecule has 0 aliphatic carbocycles. The SMILES string of the molecule is CCCCCCCCCC1CCN(CC(C)CCCCCCC)CC1. The molecule has 25 heavy (non-hydrogen) atoms. The van der Waals surface area contributed by atoms with Crippen LogP contribution in [0.1, 0.15) is 124 Å². The molecule has 1 atom stereocenters. The van der Waals surface area contributed by atoms with Crippen molar-refractivity contribution in [1.29, 1.82) is 0 Å².